The maximum atomic E-state index is 6.36. The predicted molar refractivity (Wildman–Crippen MR) is 337 cm³/mol. The summed E-state index contributed by atoms with van der Waals surface area (Å²) in [6, 6.07) is 42.6. The van der Waals surface area contributed by atoms with Crippen LogP contribution in [0, 0.1) is 0 Å². The Labute approximate surface area is 481 Å². The Morgan fingerprint density at radius 3 is 0.815 bits per heavy atom. The van der Waals surface area contributed by atoms with Gasteiger partial charge in [0.2, 0.25) is 0 Å². The van der Waals surface area contributed by atoms with Crippen LogP contribution in [0.5, 0.6) is 23.0 Å². The minimum absolute atomic E-state index is 0.665. The topological polar surface area (TPSA) is 108 Å². The number of hydrogen-bond acceptors (Lipinski definition) is 6. The Hall–Kier alpha value is -7.44. The van der Waals surface area contributed by atoms with Crippen molar-refractivity contribution in [2.75, 3.05) is 88.3 Å². The molecule has 8 bridgehead atoms. The second-order valence-electron chi connectivity index (χ2n) is 22.8. The maximum Gasteiger partial charge on any atom is 0.119 e. The van der Waals surface area contributed by atoms with Crippen LogP contribution in [0.1, 0.15) is 107 Å². The summed E-state index contributed by atoms with van der Waals surface area (Å²) in [6.07, 6.45) is 23.1. The van der Waals surface area contributed by atoms with Gasteiger partial charge in [0.25, 0.3) is 0 Å². The highest BCUT2D eigenvalue weighted by Gasteiger charge is 2.20. The molecule has 2 aliphatic heterocycles. The third-order valence-corrected chi connectivity index (χ3v) is 15.1. The second kappa shape index (κ2) is 29.3. The number of rotatable bonds is 30. The smallest absolute Gasteiger partial charge is 0.119 e. The molecule has 0 atom stereocenters. The van der Waals surface area contributed by atoms with E-state index in [0.717, 1.165) is 158 Å². The second-order valence-corrected chi connectivity index (χ2v) is 22.8. The Bertz CT molecular complexity index is 3280. The van der Waals surface area contributed by atoms with Crippen molar-refractivity contribution >= 4 is 46.4 Å². The molecule has 81 heavy (non-hydrogen) atoms. The molecular weight excluding hydrogens is 1000 g/mol. The van der Waals surface area contributed by atoms with Crippen molar-refractivity contribution in [3.63, 3.8) is 0 Å². The van der Waals surface area contributed by atoms with Gasteiger partial charge in [0.05, 0.1) is 111 Å². The Balaban J connectivity index is 1.18. The molecule has 11 nitrogen and oxygen atoms in total. The number of benzene rings is 4. The zero-order valence-electron chi connectivity index (χ0n) is 49.3. The van der Waals surface area contributed by atoms with E-state index in [0.29, 0.717) is 26.4 Å². The van der Waals surface area contributed by atoms with E-state index < -0.39 is 0 Å². The van der Waals surface area contributed by atoms with Crippen molar-refractivity contribution in [2.24, 2.45) is 0 Å². The minimum atomic E-state index is 0.665. The number of quaternary nitrogens is 3. The highest BCUT2D eigenvalue weighted by molar-refractivity contribution is 6.00. The molecule has 0 fully saturated rings. The van der Waals surface area contributed by atoms with Crippen LogP contribution in [0.2, 0.25) is 0 Å². The van der Waals surface area contributed by atoms with Crippen molar-refractivity contribution in [2.45, 2.75) is 84.0 Å². The molecule has 0 radical (unpaired) electrons. The molecule has 7 aromatic rings. The Morgan fingerprint density at radius 2 is 0.556 bits per heavy atom. The van der Waals surface area contributed by atoms with E-state index in [1.165, 1.54) is 66.1 Å². The summed E-state index contributed by atoms with van der Waals surface area (Å²) in [5.41, 5.74) is 15.2. The molecule has 9 rings (SSSR count). The fourth-order valence-corrected chi connectivity index (χ4v) is 10.7. The number of aromatic amines is 2. The van der Waals surface area contributed by atoms with Gasteiger partial charge in [-0.1, -0.05) is 107 Å². The first-order chi connectivity index (χ1) is 39.6. The molecule has 0 spiro atoms. The normalized spacial score (nSPS) is 12.1. The number of unbranched alkanes of at least 4 members (excludes halogenated alkanes) is 8. The lowest BCUT2D eigenvalue weighted by molar-refractivity contribution is -0.858. The SMILES string of the molecule is CCCCCCCCCCCOc1ccc(-c2c3nc(c(-c4ccc(OCCC[NH+](C)C)cc4)c4ccc([nH]4)c(-c4ccc(OCCC[NH+](C)C)cc4)c4nc(c(-c5ccc(OCCC[NH+](C)C)cc5)c5ccc2[nH]5)C=C4)C=C3)cc1. The molecule has 0 amide bonds. The van der Waals surface area contributed by atoms with Crippen molar-refractivity contribution in [1.29, 1.82) is 0 Å². The Morgan fingerprint density at radius 1 is 0.309 bits per heavy atom. The van der Waals surface area contributed by atoms with E-state index in [9.17, 15) is 0 Å². The molecule has 0 saturated carbocycles. The molecule has 0 aliphatic carbocycles. The standard InChI is InChI=1S/C70H85N7O4/c1-8-9-10-11-12-13-14-15-16-47-78-55-28-20-51(21-29-55)67-59-36-38-61(71-59)68(52-22-30-56(31-23-52)79-48-17-44-75(2)3)63-40-42-65(73-63)70(54-26-34-58(35-27-54)81-50-19-46-77(6)7)66-43-41-64(74-66)69(62-39-37-60(67)72-62)53-24-32-57(33-25-53)80-49-18-45-76(4)5/h20-43,71,74H,8-19,44-50H2,1-7H3/p+3. The quantitative estimate of drug-likeness (QED) is 0.0287. The molecule has 4 aromatic carbocycles. The maximum absolute atomic E-state index is 6.36. The largest absolute Gasteiger partial charge is 0.494 e. The first-order valence-electron chi connectivity index (χ1n) is 30.1. The van der Waals surface area contributed by atoms with Gasteiger partial charge in [-0.2, -0.15) is 0 Å². The van der Waals surface area contributed by atoms with Gasteiger partial charge in [0.1, 0.15) is 23.0 Å². The van der Waals surface area contributed by atoms with E-state index >= 15 is 0 Å². The number of nitrogens with zero attached hydrogens (tertiary/aromatic N) is 2. The molecule has 11 heteroatoms. The molecule has 424 valence electrons. The number of fused-ring (bicyclic) bond motifs is 8. The van der Waals surface area contributed by atoms with Gasteiger partial charge in [0, 0.05) is 63.6 Å². The molecule has 5 heterocycles. The first kappa shape index (κ1) is 58.2. The summed E-state index contributed by atoms with van der Waals surface area (Å²) in [7, 11) is 13.0. The van der Waals surface area contributed by atoms with Gasteiger partial charge in [-0.3, -0.25) is 0 Å². The summed E-state index contributed by atoms with van der Waals surface area (Å²) in [5.74, 6) is 3.41. The fraction of sp³-hybridized carbons (Fsp3) is 0.371. The summed E-state index contributed by atoms with van der Waals surface area (Å²) >= 11 is 0. The summed E-state index contributed by atoms with van der Waals surface area (Å²) < 4.78 is 25.1. The molecule has 3 aromatic heterocycles. The minimum Gasteiger partial charge on any atom is -0.494 e. The molecular formula is C70H88N7O4+3. The first-order valence-corrected chi connectivity index (χ1v) is 30.1. The summed E-state index contributed by atoms with van der Waals surface area (Å²) in [5, 5.41) is 0. The van der Waals surface area contributed by atoms with E-state index in [2.05, 4.69) is 205 Å². The van der Waals surface area contributed by atoms with Crippen LogP contribution < -0.4 is 33.6 Å². The lowest BCUT2D eigenvalue weighted by Crippen LogP contribution is -3.05. The van der Waals surface area contributed by atoms with Gasteiger partial charge >= 0.3 is 0 Å². The average Bonchev–Trinajstić information content (AvgIpc) is 4.50. The third-order valence-electron chi connectivity index (χ3n) is 15.1. The number of H-pyrrole nitrogens is 2. The van der Waals surface area contributed by atoms with Crippen molar-refractivity contribution in [1.82, 2.24) is 19.9 Å². The summed E-state index contributed by atoms with van der Waals surface area (Å²) in [4.78, 5) is 23.2. The zero-order valence-corrected chi connectivity index (χ0v) is 49.3. The van der Waals surface area contributed by atoms with Gasteiger partial charge in [0.15, 0.2) is 0 Å². The summed E-state index contributed by atoms with van der Waals surface area (Å²) in [6.45, 7) is 8.13. The van der Waals surface area contributed by atoms with Gasteiger partial charge in [-0.25, -0.2) is 9.97 Å². The van der Waals surface area contributed by atoms with Crippen LogP contribution in [0.25, 0.3) is 90.9 Å². The van der Waals surface area contributed by atoms with Crippen LogP contribution in [0.3, 0.4) is 0 Å². The average molecular weight is 1090 g/mol. The third kappa shape index (κ3) is 16.2. The number of aromatic nitrogens is 4. The highest BCUT2D eigenvalue weighted by Crippen LogP contribution is 2.40. The molecule has 0 unspecified atom stereocenters. The Kier molecular flexibility index (Phi) is 21.1. The number of hydrogen-bond donors (Lipinski definition) is 5. The lowest BCUT2D eigenvalue weighted by atomic mass is 10.0. The van der Waals surface area contributed by atoms with Gasteiger partial charge < -0.3 is 43.6 Å². The molecule has 5 N–H and O–H groups in total. The van der Waals surface area contributed by atoms with E-state index in [-0.39, 0.29) is 0 Å². The van der Waals surface area contributed by atoms with Gasteiger partial charge in [-0.15, -0.1) is 0 Å². The van der Waals surface area contributed by atoms with Crippen LogP contribution >= 0.6 is 0 Å². The van der Waals surface area contributed by atoms with Crippen LogP contribution in [-0.4, -0.2) is 108 Å². The van der Waals surface area contributed by atoms with Gasteiger partial charge in [-0.05, 0) is 126 Å². The van der Waals surface area contributed by atoms with Crippen molar-refractivity contribution in [3.05, 3.63) is 144 Å². The number of ether oxygens (including phenoxy) is 4. The van der Waals surface area contributed by atoms with E-state index in [1.807, 2.05) is 0 Å². The highest BCUT2D eigenvalue weighted by atomic mass is 16.5. The van der Waals surface area contributed by atoms with Crippen molar-refractivity contribution < 1.29 is 33.6 Å². The van der Waals surface area contributed by atoms with Crippen LogP contribution in [0.4, 0.5) is 0 Å². The lowest BCUT2D eigenvalue weighted by Gasteiger charge is -2.11. The van der Waals surface area contributed by atoms with Crippen LogP contribution in [0.15, 0.2) is 121 Å². The van der Waals surface area contributed by atoms with Crippen molar-refractivity contribution in [3.8, 4) is 67.5 Å². The monoisotopic (exact) mass is 1090 g/mol. The molecule has 0 saturated heterocycles. The van der Waals surface area contributed by atoms with E-state index in [1.54, 1.807) is 0 Å². The zero-order chi connectivity index (χ0) is 56.3. The molecule has 2 aliphatic rings. The predicted octanol–water partition coefficient (Wildman–Crippen LogP) is 12.0. The fourth-order valence-electron chi connectivity index (χ4n) is 10.7. The number of nitrogens with one attached hydrogen (secondary N) is 5. The van der Waals surface area contributed by atoms with Crippen LogP contribution in [-0.2, 0) is 0 Å². The van der Waals surface area contributed by atoms with E-state index in [4.69, 9.17) is 28.9 Å².